The zero-order valence-corrected chi connectivity index (χ0v) is 39.7. The first-order chi connectivity index (χ1) is 35.3. The summed E-state index contributed by atoms with van der Waals surface area (Å²) in [5, 5.41) is 2.77. The van der Waals surface area contributed by atoms with Crippen LogP contribution in [-0.2, 0) is 5.41 Å². The lowest BCUT2D eigenvalue weighted by molar-refractivity contribution is 0.486. The summed E-state index contributed by atoms with van der Waals surface area (Å²) in [7, 11) is 0. The molecule has 4 aromatic rings. The van der Waals surface area contributed by atoms with Gasteiger partial charge in [-0.15, -0.1) is 0 Å². The van der Waals surface area contributed by atoms with Crippen LogP contribution in [0.1, 0.15) is 28.7 Å². The fourth-order valence-electron chi connectivity index (χ4n) is 15.1. The molecule has 0 bridgehead atoms. The molecule has 1 spiro atoms. The number of hydrogen-bond acceptors (Lipinski definition) is 0. The van der Waals surface area contributed by atoms with Crippen LogP contribution in [0, 0.1) is 53.3 Å². The second-order valence-corrected chi connectivity index (χ2v) is 21.1. The van der Waals surface area contributed by atoms with Crippen molar-refractivity contribution in [1.82, 2.24) is 0 Å². The molecule has 9 unspecified atom stereocenters. The highest BCUT2D eigenvalue weighted by atomic mass is 14.6. The van der Waals surface area contributed by atoms with Gasteiger partial charge in [-0.25, -0.2) is 0 Å². The summed E-state index contributed by atoms with van der Waals surface area (Å²) in [5.41, 5.74) is 21.3. The summed E-state index contributed by atoms with van der Waals surface area (Å²) in [5.74, 6) is 2.66. The van der Waals surface area contributed by atoms with Crippen molar-refractivity contribution in [2.45, 2.75) is 11.8 Å². The molecule has 0 aliphatic heterocycles. The van der Waals surface area contributed by atoms with Crippen molar-refractivity contribution >= 4 is 16.7 Å². The van der Waals surface area contributed by atoms with E-state index in [0.717, 1.165) is 6.42 Å². The minimum atomic E-state index is -0.248. The van der Waals surface area contributed by atoms with Gasteiger partial charge in [0.15, 0.2) is 0 Å². The number of rotatable bonds is 5. The lowest BCUT2D eigenvalue weighted by Crippen LogP contribution is -2.42. The third kappa shape index (κ3) is 5.98. The Hall–Kier alpha value is -7.80. The van der Waals surface area contributed by atoms with Gasteiger partial charge in [0.05, 0.1) is 5.41 Å². The van der Waals surface area contributed by atoms with Gasteiger partial charge >= 0.3 is 0 Å². The standard InChI is InChI=1S/C71H54/c1-2-20-49-45(18-1)19-17-32-53(49)55-41-38-46(50-21-3-5-23-52(50)55)36-37-47-39-43-64(54-24-6-4-22-51(47)54)70-62-30-9-7-28-60(62)69(61-29-8-10-31-63(61)70)48-40-42-59-58-27-13-16-35-67(58)71(68(59)44-48)65-33-14-11-25-56(65)57-26-12-15-34-66(57)71/h1-43,45,49-52,54,60,62,68H,44H2. The predicted octanol–water partition coefficient (Wildman–Crippen LogP) is 14.6. The van der Waals surface area contributed by atoms with Crippen LogP contribution in [-0.4, -0.2) is 0 Å². The molecule has 4 aromatic carbocycles. The van der Waals surface area contributed by atoms with Gasteiger partial charge in [0, 0.05) is 53.3 Å². The second kappa shape index (κ2) is 16.1. The highest BCUT2D eigenvalue weighted by Crippen LogP contribution is 2.66. The van der Waals surface area contributed by atoms with Crippen LogP contribution >= 0.6 is 0 Å². The Kier molecular flexibility index (Phi) is 9.32. The Labute approximate surface area is 418 Å². The van der Waals surface area contributed by atoms with Gasteiger partial charge in [-0.05, 0) is 100 Å². The third-order valence-corrected chi connectivity index (χ3v) is 18.0. The molecule has 11 aliphatic rings. The number of hydrogen-bond donors (Lipinski definition) is 0. The summed E-state index contributed by atoms with van der Waals surface area (Å²) >= 11 is 0. The zero-order valence-electron chi connectivity index (χ0n) is 39.7. The first-order valence-electron chi connectivity index (χ1n) is 26.1. The van der Waals surface area contributed by atoms with Crippen LogP contribution in [0.4, 0.5) is 0 Å². The predicted molar refractivity (Wildman–Crippen MR) is 295 cm³/mol. The Morgan fingerprint density at radius 2 is 0.789 bits per heavy atom. The summed E-state index contributed by atoms with van der Waals surface area (Å²) in [4.78, 5) is 0. The van der Waals surface area contributed by atoms with Gasteiger partial charge in [0.2, 0.25) is 0 Å². The van der Waals surface area contributed by atoms with Gasteiger partial charge in [-0.1, -0.05) is 261 Å². The molecule has 0 N–H and O–H groups in total. The highest BCUT2D eigenvalue weighted by molar-refractivity contribution is 5.94. The van der Waals surface area contributed by atoms with E-state index >= 15 is 0 Å². The highest BCUT2D eigenvalue weighted by Gasteiger charge is 2.57. The first kappa shape index (κ1) is 41.0. The molecular weight excluding hydrogens is 853 g/mol. The fraction of sp³-hybridized carbons (Fsp3) is 0.155. The molecule has 11 aliphatic carbocycles. The molecule has 0 heteroatoms. The smallest absolute Gasteiger partial charge is 0.0541 e. The van der Waals surface area contributed by atoms with E-state index in [1.165, 1.54) is 94.0 Å². The molecule has 0 radical (unpaired) electrons. The molecule has 0 amide bonds. The van der Waals surface area contributed by atoms with E-state index in [1.54, 1.807) is 0 Å². The van der Waals surface area contributed by atoms with Crippen molar-refractivity contribution in [2.75, 3.05) is 0 Å². The van der Waals surface area contributed by atoms with Crippen molar-refractivity contribution in [3.63, 3.8) is 0 Å². The largest absolute Gasteiger partial charge is 0.0767 e. The minimum absolute atomic E-state index is 0.220. The SMILES string of the molecule is C1=CC2C=CC=C(C3=CC=C(C=CC4=CC=C(C5=c6ccccc6=C(C6=CC=C7c8ccccc8C8(c9ccccc9-c9ccccc98)C7C6)C6C=CC=CC56)C5C=CC=CC45)C4C=CC=CC34)C2C=C1. The van der Waals surface area contributed by atoms with E-state index in [1.807, 2.05) is 0 Å². The van der Waals surface area contributed by atoms with Gasteiger partial charge < -0.3 is 0 Å². The monoisotopic (exact) mass is 906 g/mol. The minimum Gasteiger partial charge on any atom is -0.0767 e. The van der Waals surface area contributed by atoms with E-state index < -0.39 is 0 Å². The van der Waals surface area contributed by atoms with Crippen molar-refractivity contribution in [1.29, 1.82) is 0 Å². The van der Waals surface area contributed by atoms with Gasteiger partial charge in [-0.2, -0.15) is 0 Å². The molecule has 9 atom stereocenters. The fourth-order valence-corrected chi connectivity index (χ4v) is 15.1. The molecule has 0 nitrogen and oxygen atoms in total. The van der Waals surface area contributed by atoms with E-state index in [0.29, 0.717) is 23.7 Å². The quantitative estimate of drug-likeness (QED) is 0.187. The molecule has 15 rings (SSSR count). The molecule has 0 fully saturated rings. The Morgan fingerprint density at radius 1 is 0.338 bits per heavy atom. The van der Waals surface area contributed by atoms with Crippen LogP contribution in [0.3, 0.4) is 0 Å². The number of fused-ring (bicyclic) bond motifs is 15. The molecule has 338 valence electrons. The molecule has 0 aromatic heterocycles. The summed E-state index contributed by atoms with van der Waals surface area (Å²) < 4.78 is 0. The first-order valence-corrected chi connectivity index (χ1v) is 26.1. The Bertz CT molecular complexity index is 3670. The van der Waals surface area contributed by atoms with Gasteiger partial charge in [0.1, 0.15) is 0 Å². The number of allylic oxidation sites excluding steroid dienone is 34. The molecule has 0 saturated carbocycles. The molecular formula is C71H54. The van der Waals surface area contributed by atoms with E-state index in [2.05, 4.69) is 261 Å². The number of benzene rings is 4. The summed E-state index contributed by atoms with van der Waals surface area (Å²) in [6.07, 6.45) is 65.1. The van der Waals surface area contributed by atoms with Crippen LogP contribution < -0.4 is 10.4 Å². The Balaban J connectivity index is 0.838. The van der Waals surface area contributed by atoms with Crippen LogP contribution in [0.2, 0.25) is 0 Å². The topological polar surface area (TPSA) is 0 Å². The van der Waals surface area contributed by atoms with E-state index in [4.69, 9.17) is 0 Å². The van der Waals surface area contributed by atoms with Gasteiger partial charge in [0.25, 0.3) is 0 Å². The van der Waals surface area contributed by atoms with Crippen molar-refractivity contribution < 1.29 is 0 Å². The van der Waals surface area contributed by atoms with Crippen LogP contribution in [0.25, 0.3) is 27.8 Å². The Morgan fingerprint density at radius 3 is 1.45 bits per heavy atom. The van der Waals surface area contributed by atoms with E-state index in [9.17, 15) is 0 Å². The maximum atomic E-state index is 2.51. The third-order valence-electron chi connectivity index (χ3n) is 18.0. The molecule has 0 heterocycles. The van der Waals surface area contributed by atoms with Gasteiger partial charge in [-0.3, -0.25) is 0 Å². The van der Waals surface area contributed by atoms with Crippen molar-refractivity contribution in [2.24, 2.45) is 53.3 Å². The lowest BCUT2D eigenvalue weighted by Gasteiger charge is -2.41. The average molecular weight is 907 g/mol. The maximum absolute atomic E-state index is 2.51. The van der Waals surface area contributed by atoms with E-state index in [-0.39, 0.29) is 35.0 Å². The molecule has 0 saturated heterocycles. The maximum Gasteiger partial charge on any atom is 0.0541 e. The summed E-state index contributed by atoms with van der Waals surface area (Å²) in [6.45, 7) is 0. The average Bonchev–Trinajstić information content (AvgIpc) is 3.92. The van der Waals surface area contributed by atoms with Crippen molar-refractivity contribution in [3.05, 3.63) is 327 Å². The van der Waals surface area contributed by atoms with Crippen LogP contribution in [0.15, 0.2) is 295 Å². The molecule has 71 heavy (non-hydrogen) atoms. The van der Waals surface area contributed by atoms with Crippen molar-refractivity contribution in [3.8, 4) is 11.1 Å². The normalized spacial score (nSPS) is 29.9. The summed E-state index contributed by atoms with van der Waals surface area (Å²) in [6, 6.07) is 37.2. The zero-order chi connectivity index (χ0) is 46.6. The second-order valence-electron chi connectivity index (χ2n) is 21.1. The van der Waals surface area contributed by atoms with Crippen LogP contribution in [0.5, 0.6) is 0 Å². The lowest BCUT2D eigenvalue weighted by atomic mass is 9.61.